The maximum Gasteiger partial charge on any atom is 0.234 e. The smallest absolute Gasteiger partial charge is 0.234 e. The molecule has 1 unspecified atom stereocenters. The van der Waals surface area contributed by atoms with Crippen LogP contribution in [0.15, 0.2) is 40.9 Å². The third-order valence-electron chi connectivity index (χ3n) is 2.66. The molecule has 6 heteroatoms. The van der Waals surface area contributed by atoms with Gasteiger partial charge in [-0.05, 0) is 68.9 Å². The van der Waals surface area contributed by atoms with E-state index in [1.54, 1.807) is 12.1 Å². The monoisotopic (exact) mass is 470 g/mol. The standard InChI is InChI=1S/C14H10BrClFIO2/c1-14(19,9-6-5-8(16)7-11(9)17)20-12-4-2-3-10(15)13(12)18/h2-7,19H,1H3. The Bertz CT molecular complexity index is 649. The molecule has 0 radical (unpaired) electrons. The van der Waals surface area contributed by atoms with Crippen LogP contribution in [0.1, 0.15) is 12.5 Å². The van der Waals surface area contributed by atoms with Crippen LogP contribution >= 0.6 is 50.1 Å². The summed E-state index contributed by atoms with van der Waals surface area (Å²) >= 11 is 11.2. The van der Waals surface area contributed by atoms with Gasteiger partial charge >= 0.3 is 0 Å². The van der Waals surface area contributed by atoms with Gasteiger partial charge in [-0.2, -0.15) is 0 Å². The van der Waals surface area contributed by atoms with Gasteiger partial charge < -0.3 is 9.84 Å². The van der Waals surface area contributed by atoms with Crippen molar-refractivity contribution in [3.8, 4) is 5.75 Å². The second-order valence-corrected chi connectivity index (χ2v) is 6.63. The van der Waals surface area contributed by atoms with Crippen molar-refractivity contribution in [2.45, 2.75) is 12.7 Å². The molecule has 2 rings (SSSR count). The van der Waals surface area contributed by atoms with Crippen molar-refractivity contribution in [1.82, 2.24) is 0 Å². The first-order valence-electron chi connectivity index (χ1n) is 5.62. The summed E-state index contributed by atoms with van der Waals surface area (Å²) in [6.45, 7) is 1.39. The Balaban J connectivity index is 2.38. The zero-order chi connectivity index (χ0) is 14.9. The molecule has 2 nitrogen and oxygen atoms in total. The minimum Gasteiger partial charge on any atom is -0.457 e. The molecule has 1 atom stereocenters. The molecular formula is C14H10BrClFIO2. The highest BCUT2D eigenvalue weighted by Gasteiger charge is 2.30. The fourth-order valence-corrected chi connectivity index (χ4v) is 2.67. The van der Waals surface area contributed by atoms with E-state index in [0.29, 0.717) is 5.75 Å². The normalized spacial score (nSPS) is 13.9. The number of hydrogen-bond donors (Lipinski definition) is 1. The highest BCUT2D eigenvalue weighted by molar-refractivity contribution is 14.1. The Labute approximate surface area is 143 Å². The number of benzene rings is 2. The van der Waals surface area contributed by atoms with Crippen LogP contribution in [-0.2, 0) is 5.79 Å². The minimum absolute atomic E-state index is 0.0256. The van der Waals surface area contributed by atoms with E-state index < -0.39 is 11.6 Å². The first kappa shape index (κ1) is 16.0. The molecule has 0 fully saturated rings. The number of aliphatic hydroxyl groups is 1. The third-order valence-corrected chi connectivity index (χ3v) is 5.41. The maximum absolute atomic E-state index is 13.9. The summed E-state index contributed by atoms with van der Waals surface area (Å²) in [5.41, 5.74) is 0.0256. The van der Waals surface area contributed by atoms with Gasteiger partial charge in [-0.25, -0.2) is 4.39 Å². The minimum atomic E-state index is -1.80. The molecule has 0 aliphatic heterocycles. The second kappa shape index (κ2) is 6.17. The molecule has 0 spiro atoms. The molecule has 0 saturated carbocycles. The van der Waals surface area contributed by atoms with Crippen LogP contribution < -0.4 is 4.74 Å². The summed E-state index contributed by atoms with van der Waals surface area (Å²) in [6.07, 6.45) is 0. The highest BCUT2D eigenvalue weighted by atomic mass is 127. The summed E-state index contributed by atoms with van der Waals surface area (Å²) in [5.74, 6) is -1.96. The molecule has 0 aliphatic carbocycles. The van der Waals surface area contributed by atoms with E-state index in [-0.39, 0.29) is 10.6 Å². The molecule has 106 valence electrons. The lowest BCUT2D eigenvalue weighted by molar-refractivity contribution is -0.131. The molecule has 0 heterocycles. The Kier molecular flexibility index (Phi) is 4.94. The summed E-state index contributed by atoms with van der Waals surface area (Å²) < 4.78 is 21.1. The van der Waals surface area contributed by atoms with Crippen molar-refractivity contribution in [2.75, 3.05) is 0 Å². The molecule has 0 saturated heterocycles. The van der Waals surface area contributed by atoms with E-state index in [9.17, 15) is 9.50 Å². The van der Waals surface area contributed by atoms with Gasteiger partial charge in [-0.15, -0.1) is 0 Å². The third kappa shape index (κ3) is 3.44. The summed E-state index contributed by atoms with van der Waals surface area (Å²) in [5, 5.41) is 10.7. The van der Waals surface area contributed by atoms with Gasteiger partial charge in [0.05, 0.1) is 9.13 Å². The second-order valence-electron chi connectivity index (χ2n) is 4.26. The maximum atomic E-state index is 13.9. The van der Waals surface area contributed by atoms with Crippen LogP contribution in [0.25, 0.3) is 0 Å². The van der Waals surface area contributed by atoms with E-state index in [1.165, 1.54) is 19.1 Å². The Hall–Kier alpha value is -0.370. The molecule has 2 aromatic rings. The quantitative estimate of drug-likeness (QED) is 0.499. The zero-order valence-corrected chi connectivity index (χ0v) is 14.8. The van der Waals surface area contributed by atoms with Crippen LogP contribution in [0.3, 0.4) is 0 Å². The van der Waals surface area contributed by atoms with Crippen molar-refractivity contribution in [3.63, 3.8) is 0 Å². The van der Waals surface area contributed by atoms with E-state index in [2.05, 4.69) is 38.5 Å². The number of ether oxygens (including phenoxy) is 1. The van der Waals surface area contributed by atoms with Gasteiger partial charge in [-0.3, -0.25) is 0 Å². The molecule has 2 aromatic carbocycles. The summed E-state index contributed by atoms with van der Waals surface area (Å²) in [7, 11) is 0. The molecule has 1 N–H and O–H groups in total. The molecule has 0 bridgehead atoms. The van der Waals surface area contributed by atoms with Crippen molar-refractivity contribution in [3.05, 3.63) is 60.8 Å². The number of rotatable bonds is 3. The van der Waals surface area contributed by atoms with E-state index in [1.807, 2.05) is 6.07 Å². The molecule has 0 aliphatic rings. The van der Waals surface area contributed by atoms with Gasteiger partial charge in [0.1, 0.15) is 11.6 Å². The van der Waals surface area contributed by atoms with Crippen LogP contribution in [0, 0.1) is 9.39 Å². The fraction of sp³-hybridized carbons (Fsp3) is 0.143. The predicted octanol–water partition coefficient (Wildman–Crippen LogP) is 5.09. The van der Waals surface area contributed by atoms with Crippen molar-refractivity contribution < 1.29 is 14.2 Å². The topological polar surface area (TPSA) is 29.5 Å². The lowest BCUT2D eigenvalue weighted by atomic mass is 10.1. The van der Waals surface area contributed by atoms with Gasteiger partial charge in [0.25, 0.3) is 0 Å². The number of halogens is 4. The molecule has 0 amide bonds. The Morgan fingerprint density at radius 2 is 2.05 bits per heavy atom. The van der Waals surface area contributed by atoms with Crippen molar-refractivity contribution in [1.29, 1.82) is 0 Å². The van der Waals surface area contributed by atoms with Gasteiger partial charge in [0.2, 0.25) is 5.79 Å². The van der Waals surface area contributed by atoms with Crippen molar-refractivity contribution in [2.24, 2.45) is 0 Å². The lowest BCUT2D eigenvalue weighted by Crippen LogP contribution is -2.30. The predicted molar refractivity (Wildman–Crippen MR) is 88.5 cm³/mol. The van der Waals surface area contributed by atoms with Gasteiger partial charge in [0.15, 0.2) is 0 Å². The molecular weight excluding hydrogens is 461 g/mol. The van der Waals surface area contributed by atoms with Crippen LogP contribution in [0.5, 0.6) is 5.75 Å². The van der Waals surface area contributed by atoms with Crippen LogP contribution in [0.2, 0.25) is 5.02 Å². The van der Waals surface area contributed by atoms with Gasteiger partial charge in [-0.1, -0.05) is 17.7 Å². The molecule has 0 aromatic heterocycles. The van der Waals surface area contributed by atoms with E-state index >= 15 is 0 Å². The lowest BCUT2D eigenvalue weighted by Gasteiger charge is -2.26. The first-order chi connectivity index (χ1) is 9.31. The highest BCUT2D eigenvalue weighted by Crippen LogP contribution is 2.34. The number of hydrogen-bond acceptors (Lipinski definition) is 2. The van der Waals surface area contributed by atoms with Crippen LogP contribution in [0.4, 0.5) is 4.39 Å². The average Bonchev–Trinajstić information content (AvgIpc) is 2.34. The molecule has 20 heavy (non-hydrogen) atoms. The first-order valence-corrected chi connectivity index (χ1v) is 7.87. The van der Waals surface area contributed by atoms with Gasteiger partial charge in [0, 0.05) is 16.4 Å². The Morgan fingerprint density at radius 3 is 2.70 bits per heavy atom. The largest absolute Gasteiger partial charge is 0.457 e. The van der Waals surface area contributed by atoms with Crippen LogP contribution in [-0.4, -0.2) is 5.11 Å². The van der Waals surface area contributed by atoms with E-state index in [0.717, 1.165) is 14.1 Å². The fourth-order valence-electron chi connectivity index (χ4n) is 1.70. The zero-order valence-electron chi connectivity index (χ0n) is 10.3. The SMILES string of the molecule is CC(O)(Oc1cccc(Br)c1I)c1ccc(Cl)cc1F. The Morgan fingerprint density at radius 1 is 1.35 bits per heavy atom. The summed E-state index contributed by atoms with van der Waals surface area (Å²) in [6, 6.07) is 9.38. The van der Waals surface area contributed by atoms with E-state index in [4.69, 9.17) is 16.3 Å². The average molecular weight is 471 g/mol. The van der Waals surface area contributed by atoms with Crippen molar-refractivity contribution >= 4 is 50.1 Å². The summed E-state index contributed by atoms with van der Waals surface area (Å²) in [4.78, 5) is 0.